The normalized spacial score (nSPS) is 15.9. The highest BCUT2D eigenvalue weighted by atomic mass is 16.4. The number of carboxylic acids is 1. The lowest BCUT2D eigenvalue weighted by atomic mass is 10.3. The highest BCUT2D eigenvalue weighted by Gasteiger charge is 2.29. The average Bonchev–Trinajstić information content (AvgIpc) is 3.17. The van der Waals surface area contributed by atoms with Crippen LogP contribution in [0.2, 0.25) is 0 Å². The van der Waals surface area contributed by atoms with E-state index in [1.807, 2.05) is 14.0 Å². The third-order valence-electron chi connectivity index (χ3n) is 3.33. The van der Waals surface area contributed by atoms with Crippen molar-refractivity contribution in [1.82, 2.24) is 15.1 Å². The van der Waals surface area contributed by atoms with Gasteiger partial charge in [-0.05, 0) is 26.8 Å². The van der Waals surface area contributed by atoms with E-state index in [-0.39, 0.29) is 25.2 Å². The summed E-state index contributed by atoms with van der Waals surface area (Å²) in [6, 6.07) is 0.514. The van der Waals surface area contributed by atoms with E-state index in [0.29, 0.717) is 12.6 Å². The Morgan fingerprint density at radius 2 is 2.16 bits per heavy atom. The van der Waals surface area contributed by atoms with Crippen LogP contribution in [0.5, 0.6) is 0 Å². The van der Waals surface area contributed by atoms with Gasteiger partial charge in [-0.3, -0.25) is 9.69 Å². The van der Waals surface area contributed by atoms with Crippen molar-refractivity contribution in [2.75, 3.05) is 26.7 Å². The van der Waals surface area contributed by atoms with Gasteiger partial charge in [0.05, 0.1) is 0 Å². The molecule has 6 nitrogen and oxygen atoms in total. The summed E-state index contributed by atoms with van der Waals surface area (Å²) in [5, 5.41) is 11.5. The van der Waals surface area contributed by atoms with Crippen LogP contribution in [-0.4, -0.2) is 65.7 Å². The maximum absolute atomic E-state index is 11.9. The fraction of sp³-hybridized carbons (Fsp3) is 0.692. The zero-order valence-electron chi connectivity index (χ0n) is 11.6. The van der Waals surface area contributed by atoms with E-state index >= 15 is 0 Å². The van der Waals surface area contributed by atoms with E-state index in [9.17, 15) is 9.59 Å². The number of amides is 2. The van der Waals surface area contributed by atoms with Crippen LogP contribution in [0, 0.1) is 0 Å². The van der Waals surface area contributed by atoms with E-state index in [1.54, 1.807) is 0 Å². The number of aliphatic carboxylic acids is 1. The second-order valence-corrected chi connectivity index (χ2v) is 4.99. The Morgan fingerprint density at radius 3 is 2.63 bits per heavy atom. The fourth-order valence-corrected chi connectivity index (χ4v) is 1.87. The van der Waals surface area contributed by atoms with Gasteiger partial charge in [0.15, 0.2) is 0 Å². The van der Waals surface area contributed by atoms with Crippen LogP contribution in [0.3, 0.4) is 0 Å². The number of nitrogens with one attached hydrogen (secondary N) is 1. The van der Waals surface area contributed by atoms with Crippen LogP contribution >= 0.6 is 0 Å². The smallest absolute Gasteiger partial charge is 0.323 e. The molecule has 6 heteroatoms. The van der Waals surface area contributed by atoms with Crippen molar-refractivity contribution in [3.05, 3.63) is 12.7 Å². The monoisotopic (exact) mass is 269 g/mol. The molecule has 1 unspecified atom stereocenters. The molecule has 0 aromatic heterocycles. The SMILES string of the molecule is C=CCN(CC(=O)O)C(=O)NCC(C)N(C)C1CC1. The molecule has 0 aliphatic heterocycles. The van der Waals surface area contributed by atoms with Crippen molar-refractivity contribution in [1.29, 1.82) is 0 Å². The topological polar surface area (TPSA) is 72.9 Å². The molecule has 1 rings (SSSR count). The number of hydrogen-bond donors (Lipinski definition) is 2. The first-order valence-corrected chi connectivity index (χ1v) is 6.53. The minimum atomic E-state index is -1.03. The highest BCUT2D eigenvalue weighted by molar-refractivity contribution is 5.80. The van der Waals surface area contributed by atoms with Crippen molar-refractivity contribution in [3.63, 3.8) is 0 Å². The van der Waals surface area contributed by atoms with Crippen molar-refractivity contribution < 1.29 is 14.7 Å². The standard InChI is InChI=1S/C13H23N3O3/c1-4-7-16(9-12(17)18)13(19)14-8-10(2)15(3)11-5-6-11/h4,10-11H,1,5-9H2,2-3H3,(H,14,19)(H,17,18). The summed E-state index contributed by atoms with van der Waals surface area (Å²) in [6.07, 6.45) is 3.95. The van der Waals surface area contributed by atoms with Crippen molar-refractivity contribution in [3.8, 4) is 0 Å². The molecule has 1 atom stereocenters. The maximum atomic E-state index is 11.9. The zero-order chi connectivity index (χ0) is 14.4. The number of carbonyl (C=O) groups is 2. The highest BCUT2D eigenvalue weighted by Crippen LogP contribution is 2.26. The maximum Gasteiger partial charge on any atom is 0.323 e. The summed E-state index contributed by atoms with van der Waals surface area (Å²) < 4.78 is 0. The molecular weight excluding hydrogens is 246 g/mol. The Bertz CT molecular complexity index is 342. The van der Waals surface area contributed by atoms with Gasteiger partial charge in [0.2, 0.25) is 0 Å². The number of urea groups is 1. The molecule has 1 aliphatic carbocycles. The summed E-state index contributed by atoms with van der Waals surface area (Å²) in [6.45, 7) is 6.00. The molecule has 1 fully saturated rings. The summed E-state index contributed by atoms with van der Waals surface area (Å²) in [5.41, 5.74) is 0. The lowest BCUT2D eigenvalue weighted by Crippen LogP contribution is -2.47. The molecule has 0 saturated heterocycles. The Kier molecular flexibility index (Phi) is 5.82. The van der Waals surface area contributed by atoms with Crippen molar-refractivity contribution in [2.45, 2.75) is 31.8 Å². The minimum absolute atomic E-state index is 0.227. The molecule has 2 amide bonds. The summed E-state index contributed by atoms with van der Waals surface area (Å²) in [4.78, 5) is 26.0. The van der Waals surface area contributed by atoms with Crippen LogP contribution < -0.4 is 5.32 Å². The molecule has 1 saturated carbocycles. The molecule has 108 valence electrons. The second kappa shape index (κ2) is 7.13. The summed E-state index contributed by atoms with van der Waals surface area (Å²) in [5.74, 6) is -1.03. The number of hydrogen-bond acceptors (Lipinski definition) is 3. The van der Waals surface area contributed by atoms with E-state index in [4.69, 9.17) is 5.11 Å². The van der Waals surface area contributed by atoms with Gasteiger partial charge < -0.3 is 15.3 Å². The van der Waals surface area contributed by atoms with Crippen LogP contribution in [0.4, 0.5) is 4.79 Å². The first kappa shape index (κ1) is 15.5. The van der Waals surface area contributed by atoms with Crippen LogP contribution in [-0.2, 0) is 4.79 Å². The molecule has 19 heavy (non-hydrogen) atoms. The summed E-state index contributed by atoms with van der Waals surface area (Å²) in [7, 11) is 2.05. The number of likely N-dealkylation sites (N-methyl/N-ethyl adjacent to an activating group) is 1. The first-order valence-electron chi connectivity index (χ1n) is 6.53. The Hall–Kier alpha value is -1.56. The van der Waals surface area contributed by atoms with E-state index in [0.717, 1.165) is 0 Å². The lowest BCUT2D eigenvalue weighted by Gasteiger charge is -2.26. The quantitative estimate of drug-likeness (QED) is 0.638. The van der Waals surface area contributed by atoms with Gasteiger partial charge in [-0.25, -0.2) is 4.79 Å². The number of carbonyl (C=O) groups excluding carboxylic acids is 1. The molecule has 0 heterocycles. The predicted octanol–water partition coefficient (Wildman–Crippen LogP) is 0.751. The van der Waals surface area contributed by atoms with Crippen LogP contribution in [0.15, 0.2) is 12.7 Å². The third-order valence-corrected chi connectivity index (χ3v) is 3.33. The fourth-order valence-electron chi connectivity index (χ4n) is 1.87. The molecule has 0 aromatic carbocycles. The van der Waals surface area contributed by atoms with Crippen LogP contribution in [0.1, 0.15) is 19.8 Å². The number of rotatable bonds is 8. The number of carboxylic acid groups (broad SMARTS) is 1. The lowest BCUT2D eigenvalue weighted by molar-refractivity contribution is -0.137. The van der Waals surface area contributed by atoms with Gasteiger partial charge in [0.25, 0.3) is 0 Å². The van der Waals surface area contributed by atoms with E-state index < -0.39 is 5.97 Å². The van der Waals surface area contributed by atoms with Gasteiger partial charge in [-0.2, -0.15) is 0 Å². The first-order chi connectivity index (χ1) is 8.95. The largest absolute Gasteiger partial charge is 0.480 e. The van der Waals surface area contributed by atoms with E-state index in [1.165, 1.54) is 23.8 Å². The van der Waals surface area contributed by atoms with Gasteiger partial charge in [-0.1, -0.05) is 6.08 Å². The predicted molar refractivity (Wildman–Crippen MR) is 73.1 cm³/mol. The van der Waals surface area contributed by atoms with Crippen molar-refractivity contribution >= 4 is 12.0 Å². The van der Waals surface area contributed by atoms with Crippen LogP contribution in [0.25, 0.3) is 0 Å². The molecule has 0 aromatic rings. The molecule has 1 aliphatic rings. The van der Waals surface area contributed by atoms with Gasteiger partial charge in [0.1, 0.15) is 6.54 Å². The molecule has 0 bridgehead atoms. The molecular formula is C13H23N3O3. The Labute approximate surface area is 114 Å². The Morgan fingerprint density at radius 1 is 1.53 bits per heavy atom. The van der Waals surface area contributed by atoms with Gasteiger partial charge >= 0.3 is 12.0 Å². The molecule has 0 radical (unpaired) electrons. The van der Waals surface area contributed by atoms with Crippen molar-refractivity contribution in [2.24, 2.45) is 0 Å². The minimum Gasteiger partial charge on any atom is -0.480 e. The second-order valence-electron chi connectivity index (χ2n) is 4.99. The number of nitrogens with zero attached hydrogens (tertiary/aromatic N) is 2. The van der Waals surface area contributed by atoms with Gasteiger partial charge in [-0.15, -0.1) is 6.58 Å². The molecule has 2 N–H and O–H groups in total. The molecule has 0 spiro atoms. The third kappa shape index (κ3) is 5.30. The zero-order valence-corrected chi connectivity index (χ0v) is 11.6. The van der Waals surface area contributed by atoms with E-state index in [2.05, 4.69) is 16.8 Å². The summed E-state index contributed by atoms with van der Waals surface area (Å²) >= 11 is 0. The van der Waals surface area contributed by atoms with Gasteiger partial charge in [0, 0.05) is 25.2 Å². The average molecular weight is 269 g/mol. The Balaban J connectivity index is 2.37.